The number of hydrogen-bond acceptors (Lipinski definition) is 3. The highest BCUT2D eigenvalue weighted by atomic mass is 32.1. The Labute approximate surface area is 141 Å². The minimum atomic E-state index is 0.405. The molecule has 4 aliphatic carbocycles. The summed E-state index contributed by atoms with van der Waals surface area (Å²) in [5, 5.41) is 3.50. The second-order valence-corrected chi connectivity index (χ2v) is 8.83. The van der Waals surface area contributed by atoms with Crippen molar-refractivity contribution in [1.29, 1.82) is 0 Å². The smallest absolute Gasteiger partial charge is 0.123 e. The van der Waals surface area contributed by atoms with E-state index in [9.17, 15) is 0 Å². The average molecular weight is 325 g/mol. The largest absolute Gasteiger partial charge is 0.497 e. The third-order valence-corrected chi connectivity index (χ3v) is 7.29. The van der Waals surface area contributed by atoms with Gasteiger partial charge in [-0.2, -0.15) is 0 Å². The van der Waals surface area contributed by atoms with Crippen LogP contribution in [0.25, 0.3) is 10.6 Å². The van der Waals surface area contributed by atoms with Crippen molar-refractivity contribution < 1.29 is 4.74 Å². The van der Waals surface area contributed by atoms with Gasteiger partial charge in [0.15, 0.2) is 0 Å². The summed E-state index contributed by atoms with van der Waals surface area (Å²) < 4.78 is 5.36. The van der Waals surface area contributed by atoms with Gasteiger partial charge in [-0.15, -0.1) is 11.3 Å². The van der Waals surface area contributed by atoms with Crippen molar-refractivity contribution in [1.82, 2.24) is 4.98 Å². The molecule has 0 radical (unpaired) electrons. The van der Waals surface area contributed by atoms with Crippen LogP contribution in [0.15, 0.2) is 29.6 Å². The molecule has 0 unspecified atom stereocenters. The quantitative estimate of drug-likeness (QED) is 0.765. The van der Waals surface area contributed by atoms with Crippen LogP contribution in [0.2, 0.25) is 0 Å². The molecular formula is C20H23NOS. The van der Waals surface area contributed by atoms with E-state index in [0.717, 1.165) is 28.5 Å². The second kappa shape index (κ2) is 5.07. The van der Waals surface area contributed by atoms with Crippen LogP contribution < -0.4 is 4.74 Å². The van der Waals surface area contributed by atoms with Gasteiger partial charge in [-0.25, -0.2) is 4.98 Å². The molecule has 2 aromatic rings. The number of aromatic nitrogens is 1. The Morgan fingerprint density at radius 3 is 2.43 bits per heavy atom. The van der Waals surface area contributed by atoms with E-state index in [1.165, 1.54) is 49.8 Å². The molecule has 120 valence electrons. The molecular weight excluding hydrogens is 302 g/mol. The summed E-state index contributed by atoms with van der Waals surface area (Å²) in [6.07, 6.45) is 8.64. The van der Waals surface area contributed by atoms with E-state index in [2.05, 4.69) is 23.6 Å². The summed E-state index contributed by atoms with van der Waals surface area (Å²) in [5.41, 5.74) is 2.98. The Morgan fingerprint density at radius 1 is 1.09 bits per heavy atom. The van der Waals surface area contributed by atoms with Crippen LogP contribution in [0.4, 0.5) is 0 Å². The lowest BCUT2D eigenvalue weighted by molar-refractivity contribution is -0.00689. The number of nitrogens with zero attached hydrogens (tertiary/aromatic N) is 1. The van der Waals surface area contributed by atoms with Gasteiger partial charge in [0.05, 0.1) is 12.8 Å². The van der Waals surface area contributed by atoms with Crippen LogP contribution in [-0.4, -0.2) is 12.1 Å². The predicted molar refractivity (Wildman–Crippen MR) is 94.0 cm³/mol. The summed E-state index contributed by atoms with van der Waals surface area (Å²) >= 11 is 1.80. The van der Waals surface area contributed by atoms with Gasteiger partial charge in [-0.05, 0) is 68.4 Å². The van der Waals surface area contributed by atoms with Crippen LogP contribution in [0.3, 0.4) is 0 Å². The second-order valence-electron chi connectivity index (χ2n) is 7.97. The van der Waals surface area contributed by atoms with Crippen molar-refractivity contribution in [3.05, 3.63) is 35.3 Å². The summed E-state index contributed by atoms with van der Waals surface area (Å²) in [6.45, 7) is 0. The minimum Gasteiger partial charge on any atom is -0.497 e. The van der Waals surface area contributed by atoms with Gasteiger partial charge in [0, 0.05) is 16.4 Å². The molecule has 1 aromatic carbocycles. The first-order chi connectivity index (χ1) is 11.2. The van der Waals surface area contributed by atoms with Gasteiger partial charge in [0.25, 0.3) is 0 Å². The zero-order valence-corrected chi connectivity index (χ0v) is 14.4. The van der Waals surface area contributed by atoms with E-state index in [1.807, 2.05) is 6.07 Å². The molecule has 0 aliphatic heterocycles. The normalized spacial score (nSPS) is 34.7. The van der Waals surface area contributed by atoms with Crippen LogP contribution in [0, 0.1) is 17.8 Å². The third-order valence-electron chi connectivity index (χ3n) is 6.40. The Bertz CT molecular complexity index is 699. The van der Waals surface area contributed by atoms with Crippen molar-refractivity contribution in [2.45, 2.75) is 43.9 Å². The van der Waals surface area contributed by atoms with Gasteiger partial charge < -0.3 is 4.74 Å². The molecule has 0 atom stereocenters. The fourth-order valence-electron chi connectivity index (χ4n) is 5.83. The van der Waals surface area contributed by atoms with E-state index in [1.54, 1.807) is 18.4 Å². The monoisotopic (exact) mass is 325 g/mol. The number of thiazole rings is 1. The van der Waals surface area contributed by atoms with E-state index in [4.69, 9.17) is 9.72 Å². The maximum atomic E-state index is 5.36. The molecule has 0 spiro atoms. The molecule has 4 saturated carbocycles. The lowest BCUT2D eigenvalue weighted by Gasteiger charge is -2.56. The first kappa shape index (κ1) is 14.0. The summed E-state index contributed by atoms with van der Waals surface area (Å²) in [5.74, 6) is 3.84. The first-order valence-electron chi connectivity index (χ1n) is 8.84. The lowest BCUT2D eigenvalue weighted by Crippen LogP contribution is -2.48. The van der Waals surface area contributed by atoms with Crippen LogP contribution >= 0.6 is 11.3 Å². The topological polar surface area (TPSA) is 22.1 Å². The van der Waals surface area contributed by atoms with E-state index < -0.39 is 0 Å². The molecule has 0 saturated heterocycles. The molecule has 23 heavy (non-hydrogen) atoms. The summed E-state index contributed by atoms with van der Waals surface area (Å²) in [7, 11) is 1.72. The van der Waals surface area contributed by atoms with Crippen LogP contribution in [0.1, 0.15) is 44.2 Å². The molecule has 4 bridgehead atoms. The fraction of sp³-hybridized carbons (Fsp3) is 0.550. The fourth-order valence-corrected chi connectivity index (χ4v) is 6.77. The Morgan fingerprint density at radius 2 is 1.78 bits per heavy atom. The van der Waals surface area contributed by atoms with E-state index in [-0.39, 0.29) is 0 Å². The first-order valence-corrected chi connectivity index (χ1v) is 9.72. The third kappa shape index (κ3) is 2.24. The number of methoxy groups -OCH3 is 1. The standard InChI is InChI=1S/C20H23NOS/c1-22-17-4-2-3-16(8-17)19-21-18(12-23-19)20-9-13-5-14(10-20)7-15(6-13)11-20/h2-4,8,12-15H,5-7,9-11H2,1H3. The molecule has 2 nitrogen and oxygen atoms in total. The molecule has 1 heterocycles. The van der Waals surface area contributed by atoms with Gasteiger partial charge in [0.1, 0.15) is 10.8 Å². The highest BCUT2D eigenvalue weighted by molar-refractivity contribution is 7.13. The highest BCUT2D eigenvalue weighted by Gasteiger charge is 2.52. The van der Waals surface area contributed by atoms with Crippen molar-refractivity contribution in [2.75, 3.05) is 7.11 Å². The van der Waals surface area contributed by atoms with Gasteiger partial charge in [0.2, 0.25) is 0 Å². The Kier molecular flexibility index (Phi) is 3.09. The molecule has 0 amide bonds. The number of rotatable bonds is 3. The Balaban J connectivity index is 1.49. The van der Waals surface area contributed by atoms with Crippen molar-refractivity contribution in [3.63, 3.8) is 0 Å². The van der Waals surface area contributed by atoms with Crippen molar-refractivity contribution in [3.8, 4) is 16.3 Å². The van der Waals surface area contributed by atoms with Crippen LogP contribution in [-0.2, 0) is 5.41 Å². The molecule has 6 rings (SSSR count). The SMILES string of the molecule is COc1cccc(-c2nc(C34CC5CC(CC(C5)C3)C4)cs2)c1. The number of ether oxygens (including phenoxy) is 1. The van der Waals surface area contributed by atoms with Crippen molar-refractivity contribution in [2.24, 2.45) is 17.8 Å². The van der Waals surface area contributed by atoms with Crippen LogP contribution in [0.5, 0.6) is 5.75 Å². The molecule has 1 aromatic heterocycles. The van der Waals surface area contributed by atoms with Gasteiger partial charge in [-0.1, -0.05) is 12.1 Å². The predicted octanol–water partition coefficient (Wildman–Crippen LogP) is 5.29. The zero-order valence-electron chi connectivity index (χ0n) is 13.6. The van der Waals surface area contributed by atoms with E-state index >= 15 is 0 Å². The number of hydrogen-bond donors (Lipinski definition) is 0. The van der Waals surface area contributed by atoms with Crippen molar-refractivity contribution >= 4 is 11.3 Å². The minimum absolute atomic E-state index is 0.405. The van der Waals surface area contributed by atoms with Gasteiger partial charge >= 0.3 is 0 Å². The highest BCUT2D eigenvalue weighted by Crippen LogP contribution is 2.60. The Hall–Kier alpha value is -1.35. The zero-order chi connectivity index (χ0) is 15.4. The molecule has 0 N–H and O–H groups in total. The maximum absolute atomic E-state index is 5.36. The maximum Gasteiger partial charge on any atom is 0.123 e. The molecule has 4 fully saturated rings. The average Bonchev–Trinajstić information content (AvgIpc) is 3.04. The summed E-state index contributed by atoms with van der Waals surface area (Å²) in [4.78, 5) is 5.11. The summed E-state index contributed by atoms with van der Waals surface area (Å²) in [6, 6.07) is 8.30. The number of benzene rings is 1. The molecule has 3 heteroatoms. The lowest BCUT2D eigenvalue weighted by atomic mass is 9.49. The molecule has 4 aliphatic rings. The van der Waals surface area contributed by atoms with E-state index in [0.29, 0.717) is 5.41 Å². The van der Waals surface area contributed by atoms with Gasteiger partial charge in [-0.3, -0.25) is 0 Å².